The lowest BCUT2D eigenvalue weighted by Crippen LogP contribution is -2.08. The van der Waals surface area contributed by atoms with Crippen molar-refractivity contribution in [1.82, 2.24) is 4.98 Å². The third kappa shape index (κ3) is 2.78. The molecule has 0 aromatic carbocycles. The summed E-state index contributed by atoms with van der Waals surface area (Å²) in [7, 11) is 0. The topological polar surface area (TPSA) is 50.2 Å². The minimum Gasteiger partial charge on any atom is -0.478 e. The number of hydrogen-bond acceptors (Lipinski definition) is 2. The fourth-order valence-corrected chi connectivity index (χ4v) is 1.76. The van der Waals surface area contributed by atoms with Crippen LogP contribution in [0.4, 0.5) is 0 Å². The summed E-state index contributed by atoms with van der Waals surface area (Å²) in [6.07, 6.45) is 0.890. The monoisotopic (exact) mass is 207 g/mol. The normalized spacial score (nSPS) is 10.7. The van der Waals surface area contributed by atoms with Crippen LogP contribution in [0, 0.1) is 19.8 Å². The Kier molecular flexibility index (Phi) is 3.45. The van der Waals surface area contributed by atoms with Crippen molar-refractivity contribution >= 4 is 5.97 Å². The van der Waals surface area contributed by atoms with Gasteiger partial charge in [-0.15, -0.1) is 0 Å². The molecule has 0 bridgehead atoms. The van der Waals surface area contributed by atoms with Crippen molar-refractivity contribution < 1.29 is 9.90 Å². The number of carboxylic acids is 1. The van der Waals surface area contributed by atoms with Gasteiger partial charge in [0.05, 0.1) is 11.3 Å². The van der Waals surface area contributed by atoms with Crippen molar-refractivity contribution in [2.24, 2.45) is 5.92 Å². The Balaban J connectivity index is 3.14. The van der Waals surface area contributed by atoms with Crippen LogP contribution in [-0.2, 0) is 6.42 Å². The maximum absolute atomic E-state index is 10.9. The number of rotatable bonds is 3. The molecule has 82 valence electrons. The summed E-state index contributed by atoms with van der Waals surface area (Å²) in [4.78, 5) is 15.3. The predicted octanol–water partition coefficient (Wildman–Crippen LogP) is 2.60. The van der Waals surface area contributed by atoms with E-state index in [9.17, 15) is 4.79 Å². The van der Waals surface area contributed by atoms with E-state index in [-0.39, 0.29) is 0 Å². The SMILES string of the molecule is Cc1cc(CC(C)C)nc(C)c1C(=O)O. The molecule has 0 aliphatic heterocycles. The van der Waals surface area contributed by atoms with Crippen molar-refractivity contribution in [2.75, 3.05) is 0 Å². The Bertz CT molecular complexity index is 360. The van der Waals surface area contributed by atoms with E-state index in [1.54, 1.807) is 6.92 Å². The van der Waals surface area contributed by atoms with Crippen LogP contribution in [0.15, 0.2) is 6.07 Å². The van der Waals surface area contributed by atoms with Gasteiger partial charge in [-0.3, -0.25) is 4.98 Å². The number of hydrogen-bond donors (Lipinski definition) is 1. The van der Waals surface area contributed by atoms with Crippen molar-refractivity contribution in [3.63, 3.8) is 0 Å². The molecule has 0 saturated carbocycles. The van der Waals surface area contributed by atoms with Crippen LogP contribution in [-0.4, -0.2) is 16.1 Å². The van der Waals surface area contributed by atoms with E-state index in [0.717, 1.165) is 17.7 Å². The molecule has 1 rings (SSSR count). The van der Waals surface area contributed by atoms with Gasteiger partial charge in [0.2, 0.25) is 0 Å². The van der Waals surface area contributed by atoms with Gasteiger partial charge in [-0.2, -0.15) is 0 Å². The van der Waals surface area contributed by atoms with Gasteiger partial charge in [-0.05, 0) is 37.8 Å². The lowest BCUT2D eigenvalue weighted by atomic mass is 10.0. The average molecular weight is 207 g/mol. The molecule has 0 radical (unpaired) electrons. The van der Waals surface area contributed by atoms with Gasteiger partial charge in [0.1, 0.15) is 0 Å². The molecule has 0 atom stereocenters. The summed E-state index contributed by atoms with van der Waals surface area (Å²) in [5.74, 6) is -0.361. The molecular weight excluding hydrogens is 190 g/mol. The van der Waals surface area contributed by atoms with Gasteiger partial charge in [0, 0.05) is 5.69 Å². The van der Waals surface area contributed by atoms with E-state index in [4.69, 9.17) is 5.11 Å². The summed E-state index contributed by atoms with van der Waals surface area (Å²) in [5.41, 5.74) is 2.72. The second-order valence-electron chi connectivity index (χ2n) is 4.29. The molecule has 3 nitrogen and oxygen atoms in total. The lowest BCUT2D eigenvalue weighted by molar-refractivity contribution is 0.0695. The zero-order chi connectivity index (χ0) is 11.6. The molecule has 0 aliphatic rings. The summed E-state index contributed by atoms with van der Waals surface area (Å²) in [5, 5.41) is 8.98. The minimum absolute atomic E-state index is 0.336. The molecular formula is C12H17NO2. The van der Waals surface area contributed by atoms with Crippen LogP contribution < -0.4 is 0 Å². The second kappa shape index (κ2) is 4.43. The first-order chi connectivity index (χ1) is 6.91. The van der Waals surface area contributed by atoms with Crippen LogP contribution in [0.5, 0.6) is 0 Å². The van der Waals surface area contributed by atoms with Gasteiger partial charge in [0.25, 0.3) is 0 Å². The van der Waals surface area contributed by atoms with E-state index in [1.165, 1.54) is 0 Å². The van der Waals surface area contributed by atoms with Crippen LogP contribution >= 0.6 is 0 Å². The van der Waals surface area contributed by atoms with Crippen molar-refractivity contribution in [3.05, 3.63) is 28.6 Å². The number of aromatic carboxylic acids is 1. The van der Waals surface area contributed by atoms with Gasteiger partial charge < -0.3 is 5.11 Å². The molecule has 1 heterocycles. The van der Waals surface area contributed by atoms with Gasteiger partial charge in [0.15, 0.2) is 0 Å². The van der Waals surface area contributed by atoms with Crippen LogP contribution in [0.3, 0.4) is 0 Å². The lowest BCUT2D eigenvalue weighted by Gasteiger charge is -2.09. The smallest absolute Gasteiger partial charge is 0.337 e. The predicted molar refractivity (Wildman–Crippen MR) is 59.2 cm³/mol. The molecule has 0 unspecified atom stereocenters. The number of carbonyl (C=O) groups is 1. The van der Waals surface area contributed by atoms with Gasteiger partial charge >= 0.3 is 5.97 Å². The molecule has 1 aromatic heterocycles. The first-order valence-corrected chi connectivity index (χ1v) is 5.12. The van der Waals surface area contributed by atoms with E-state index in [2.05, 4.69) is 18.8 Å². The van der Waals surface area contributed by atoms with Crippen molar-refractivity contribution in [3.8, 4) is 0 Å². The number of carboxylic acid groups (broad SMARTS) is 1. The average Bonchev–Trinajstić information content (AvgIpc) is 1.99. The van der Waals surface area contributed by atoms with Gasteiger partial charge in [-0.25, -0.2) is 4.79 Å². The summed E-state index contributed by atoms with van der Waals surface area (Å²) in [6, 6.07) is 1.87. The molecule has 0 spiro atoms. The molecule has 3 heteroatoms. The van der Waals surface area contributed by atoms with E-state index < -0.39 is 5.97 Å². The Labute approximate surface area is 90.2 Å². The van der Waals surface area contributed by atoms with Crippen LogP contribution in [0.1, 0.15) is 41.2 Å². The molecule has 1 N–H and O–H groups in total. The van der Waals surface area contributed by atoms with Crippen molar-refractivity contribution in [1.29, 1.82) is 0 Å². The maximum Gasteiger partial charge on any atom is 0.337 e. The Morgan fingerprint density at radius 1 is 1.47 bits per heavy atom. The number of aromatic nitrogens is 1. The van der Waals surface area contributed by atoms with Crippen molar-refractivity contribution in [2.45, 2.75) is 34.1 Å². The third-order valence-corrected chi connectivity index (χ3v) is 2.28. The zero-order valence-corrected chi connectivity index (χ0v) is 9.66. The fourth-order valence-electron chi connectivity index (χ4n) is 1.76. The largest absolute Gasteiger partial charge is 0.478 e. The summed E-state index contributed by atoms with van der Waals surface area (Å²) >= 11 is 0. The Hall–Kier alpha value is -1.38. The number of pyridine rings is 1. The summed E-state index contributed by atoms with van der Waals surface area (Å²) < 4.78 is 0. The minimum atomic E-state index is -0.895. The van der Waals surface area contributed by atoms with E-state index in [1.807, 2.05) is 13.0 Å². The highest BCUT2D eigenvalue weighted by Crippen LogP contribution is 2.15. The quantitative estimate of drug-likeness (QED) is 0.828. The highest BCUT2D eigenvalue weighted by Gasteiger charge is 2.13. The van der Waals surface area contributed by atoms with E-state index >= 15 is 0 Å². The standard InChI is InChI=1S/C12H17NO2/c1-7(2)5-10-6-8(3)11(12(14)15)9(4)13-10/h6-7H,5H2,1-4H3,(H,14,15). The fraction of sp³-hybridized carbons (Fsp3) is 0.500. The zero-order valence-electron chi connectivity index (χ0n) is 9.66. The molecule has 15 heavy (non-hydrogen) atoms. The third-order valence-electron chi connectivity index (χ3n) is 2.28. The maximum atomic E-state index is 10.9. The van der Waals surface area contributed by atoms with Gasteiger partial charge in [-0.1, -0.05) is 13.8 Å². The highest BCUT2D eigenvalue weighted by molar-refractivity contribution is 5.90. The molecule has 0 fully saturated rings. The molecule has 1 aromatic rings. The number of nitrogens with zero attached hydrogens (tertiary/aromatic N) is 1. The second-order valence-corrected chi connectivity index (χ2v) is 4.29. The molecule has 0 saturated heterocycles. The number of aryl methyl sites for hydroxylation is 2. The van der Waals surface area contributed by atoms with E-state index in [0.29, 0.717) is 17.2 Å². The Morgan fingerprint density at radius 2 is 2.07 bits per heavy atom. The van der Waals surface area contributed by atoms with Crippen LogP contribution in [0.25, 0.3) is 0 Å². The first kappa shape index (κ1) is 11.7. The molecule has 0 aliphatic carbocycles. The van der Waals surface area contributed by atoms with Crippen LogP contribution in [0.2, 0.25) is 0 Å². The highest BCUT2D eigenvalue weighted by atomic mass is 16.4. The first-order valence-electron chi connectivity index (χ1n) is 5.12. The Morgan fingerprint density at radius 3 is 2.47 bits per heavy atom. The summed E-state index contributed by atoms with van der Waals surface area (Å²) in [6.45, 7) is 7.82. The molecule has 0 amide bonds.